The second kappa shape index (κ2) is 68.5. The van der Waals surface area contributed by atoms with Crippen LogP contribution in [0.5, 0.6) is 0 Å². The normalized spacial score (nSPS) is 14.3. The molecule has 0 aliphatic carbocycles. The van der Waals surface area contributed by atoms with Crippen molar-refractivity contribution in [1.82, 2.24) is 0 Å². The SMILES string of the molecule is CCCCCCCCCCCCCCCCCCC(=O)OC[C@H](COP(=O)(O)OC[C@@H](O)COP(=O)(O)OC[C@@H](COC(=O)CCCCCCCCCCC(C)CC)OC(=O)CCCCCCCCCCCC(C)C)OC(=O)CCCCCCCCCCCCCCCCC(C)C. The summed E-state index contributed by atoms with van der Waals surface area (Å²) in [6.45, 7) is 11.9. The Kier molecular flexibility index (Phi) is 67.1. The standard InChI is InChI=1S/C78H152O17P2/c1-8-10-11-12-13-14-15-16-17-18-22-25-30-38-45-52-59-75(80)88-65-73(94-77(82)61-54-47-40-31-26-23-20-19-21-24-28-35-42-49-56-69(3)4)67-92-96(84,85)90-63-72(79)64-91-97(86,87)93-68-74(95-78(83)62-55-48-41-32-27-29-36-43-50-57-70(5)6)66-89-76(81)60-53-46-39-34-33-37-44-51-58-71(7)9-2/h69-74,79H,8-68H2,1-7H3,(H,84,85)(H,86,87)/t71?,72-,73-,74-/m1/s1. The lowest BCUT2D eigenvalue weighted by Gasteiger charge is -2.21. The molecule has 0 aromatic heterocycles. The Labute approximate surface area is 594 Å². The Bertz CT molecular complexity index is 1890. The summed E-state index contributed by atoms with van der Waals surface area (Å²) in [6, 6.07) is 0. The van der Waals surface area contributed by atoms with Crippen molar-refractivity contribution in [2.75, 3.05) is 39.6 Å². The van der Waals surface area contributed by atoms with Gasteiger partial charge in [-0.2, -0.15) is 0 Å². The Morgan fingerprint density at radius 2 is 0.526 bits per heavy atom. The lowest BCUT2D eigenvalue weighted by Crippen LogP contribution is -2.30. The zero-order valence-corrected chi connectivity index (χ0v) is 65.3. The number of phosphoric ester groups is 2. The van der Waals surface area contributed by atoms with Crippen LogP contribution in [0.2, 0.25) is 0 Å². The molecule has 3 N–H and O–H groups in total. The van der Waals surface area contributed by atoms with Crippen molar-refractivity contribution < 1.29 is 80.2 Å². The first-order valence-electron chi connectivity index (χ1n) is 40.4. The highest BCUT2D eigenvalue weighted by Gasteiger charge is 2.30. The van der Waals surface area contributed by atoms with E-state index in [1.807, 2.05) is 0 Å². The molecule has 3 unspecified atom stereocenters. The van der Waals surface area contributed by atoms with Gasteiger partial charge >= 0.3 is 39.5 Å². The van der Waals surface area contributed by atoms with Crippen molar-refractivity contribution in [3.63, 3.8) is 0 Å². The first-order valence-corrected chi connectivity index (χ1v) is 43.4. The van der Waals surface area contributed by atoms with E-state index >= 15 is 0 Å². The maximum atomic E-state index is 13.1. The maximum Gasteiger partial charge on any atom is 0.472 e. The van der Waals surface area contributed by atoms with Gasteiger partial charge in [-0.1, -0.05) is 350 Å². The number of aliphatic hydroxyl groups is 1. The lowest BCUT2D eigenvalue weighted by molar-refractivity contribution is -0.161. The topological polar surface area (TPSA) is 237 Å². The molecule has 0 aliphatic rings. The van der Waals surface area contributed by atoms with Crippen molar-refractivity contribution in [3.8, 4) is 0 Å². The third-order valence-electron chi connectivity index (χ3n) is 18.5. The maximum absolute atomic E-state index is 13.1. The summed E-state index contributed by atoms with van der Waals surface area (Å²) in [4.78, 5) is 72.9. The molecule has 0 aliphatic heterocycles. The Hall–Kier alpha value is -1.94. The van der Waals surface area contributed by atoms with Gasteiger partial charge in [0.2, 0.25) is 0 Å². The molecule has 0 amide bonds. The van der Waals surface area contributed by atoms with Gasteiger partial charge in [0.15, 0.2) is 12.2 Å². The van der Waals surface area contributed by atoms with Gasteiger partial charge in [0.05, 0.1) is 26.4 Å². The molecular formula is C78H152O17P2. The fourth-order valence-corrected chi connectivity index (χ4v) is 13.5. The monoisotopic (exact) mass is 1420 g/mol. The van der Waals surface area contributed by atoms with Crippen molar-refractivity contribution in [1.29, 1.82) is 0 Å². The minimum absolute atomic E-state index is 0.105. The highest BCUT2D eigenvalue weighted by molar-refractivity contribution is 7.47. The van der Waals surface area contributed by atoms with E-state index in [9.17, 15) is 43.2 Å². The van der Waals surface area contributed by atoms with Crippen LogP contribution >= 0.6 is 15.6 Å². The number of phosphoric acid groups is 2. The molecule has 0 bridgehead atoms. The number of carbonyl (C=O) groups excluding carboxylic acids is 4. The third-order valence-corrected chi connectivity index (χ3v) is 20.4. The molecule has 0 aromatic carbocycles. The minimum Gasteiger partial charge on any atom is -0.462 e. The molecule has 17 nitrogen and oxygen atoms in total. The number of aliphatic hydroxyl groups excluding tert-OH is 1. The van der Waals surface area contributed by atoms with Gasteiger partial charge in [-0.3, -0.25) is 37.3 Å². The predicted molar refractivity (Wildman–Crippen MR) is 395 cm³/mol. The fraction of sp³-hybridized carbons (Fsp3) is 0.949. The summed E-state index contributed by atoms with van der Waals surface area (Å²) in [6.07, 6.45) is 55.4. The number of rotatable bonds is 76. The fourth-order valence-electron chi connectivity index (χ4n) is 11.9. The second-order valence-electron chi connectivity index (χ2n) is 29.3. The van der Waals surface area contributed by atoms with Crippen LogP contribution in [0.4, 0.5) is 0 Å². The van der Waals surface area contributed by atoms with Gasteiger partial charge in [0.1, 0.15) is 19.3 Å². The van der Waals surface area contributed by atoms with E-state index in [4.69, 9.17) is 37.0 Å². The Balaban J connectivity index is 5.26. The minimum atomic E-state index is -4.96. The molecule has 0 fully saturated rings. The Morgan fingerprint density at radius 3 is 0.784 bits per heavy atom. The molecule has 6 atom stereocenters. The van der Waals surface area contributed by atoms with Gasteiger partial charge in [0, 0.05) is 25.7 Å². The van der Waals surface area contributed by atoms with Gasteiger partial charge in [-0.15, -0.1) is 0 Å². The number of carbonyl (C=O) groups is 4. The van der Waals surface area contributed by atoms with E-state index < -0.39 is 97.5 Å². The van der Waals surface area contributed by atoms with Crippen LogP contribution < -0.4 is 0 Å². The first-order chi connectivity index (χ1) is 46.8. The predicted octanol–water partition coefficient (Wildman–Crippen LogP) is 23.0. The van der Waals surface area contributed by atoms with E-state index in [1.165, 1.54) is 212 Å². The van der Waals surface area contributed by atoms with Crippen molar-refractivity contribution in [2.45, 2.75) is 420 Å². The van der Waals surface area contributed by atoms with Gasteiger partial charge < -0.3 is 33.8 Å². The lowest BCUT2D eigenvalue weighted by atomic mass is 9.99. The summed E-state index contributed by atoms with van der Waals surface area (Å²) in [5, 5.41) is 10.6. The van der Waals surface area contributed by atoms with Gasteiger partial charge in [-0.25, -0.2) is 9.13 Å². The number of hydrogen-bond donors (Lipinski definition) is 3. The Morgan fingerprint density at radius 1 is 0.299 bits per heavy atom. The van der Waals surface area contributed by atoms with Crippen molar-refractivity contribution >= 4 is 39.5 Å². The number of unbranched alkanes of at least 4 members (excludes halogenated alkanes) is 43. The zero-order chi connectivity index (χ0) is 71.6. The van der Waals surface area contributed by atoms with E-state index in [0.29, 0.717) is 25.7 Å². The number of hydrogen-bond acceptors (Lipinski definition) is 15. The molecule has 0 saturated carbocycles. The summed E-state index contributed by atoms with van der Waals surface area (Å²) in [5.74, 6) is 0.194. The van der Waals surface area contributed by atoms with Crippen molar-refractivity contribution in [3.05, 3.63) is 0 Å². The van der Waals surface area contributed by atoms with Crippen LogP contribution in [0.25, 0.3) is 0 Å². The molecule has 0 radical (unpaired) electrons. The van der Waals surface area contributed by atoms with Crippen LogP contribution in [0, 0.1) is 17.8 Å². The molecule has 19 heteroatoms. The molecule has 97 heavy (non-hydrogen) atoms. The van der Waals surface area contributed by atoms with Crippen LogP contribution in [0.15, 0.2) is 0 Å². The summed E-state index contributed by atoms with van der Waals surface area (Å²) in [5.41, 5.74) is 0. The first kappa shape index (κ1) is 95.1. The average molecular weight is 1420 g/mol. The second-order valence-corrected chi connectivity index (χ2v) is 32.2. The van der Waals surface area contributed by atoms with Gasteiger partial charge in [-0.05, 0) is 43.4 Å². The van der Waals surface area contributed by atoms with E-state index in [0.717, 1.165) is 108 Å². The highest BCUT2D eigenvalue weighted by Crippen LogP contribution is 2.45. The van der Waals surface area contributed by atoms with E-state index in [-0.39, 0.29) is 25.7 Å². The van der Waals surface area contributed by atoms with Crippen LogP contribution in [-0.4, -0.2) is 96.7 Å². The van der Waals surface area contributed by atoms with Gasteiger partial charge in [0.25, 0.3) is 0 Å². The zero-order valence-electron chi connectivity index (χ0n) is 63.5. The van der Waals surface area contributed by atoms with Crippen LogP contribution in [0.1, 0.15) is 402 Å². The summed E-state index contributed by atoms with van der Waals surface area (Å²) >= 11 is 0. The van der Waals surface area contributed by atoms with Crippen molar-refractivity contribution in [2.24, 2.45) is 17.8 Å². The number of esters is 4. The molecule has 0 rings (SSSR count). The third kappa shape index (κ3) is 70.9. The van der Waals surface area contributed by atoms with E-state index in [1.54, 1.807) is 0 Å². The number of ether oxygens (including phenoxy) is 4. The largest absolute Gasteiger partial charge is 0.472 e. The molecule has 0 saturated heterocycles. The summed E-state index contributed by atoms with van der Waals surface area (Å²) < 4.78 is 68.6. The average Bonchev–Trinajstić information content (AvgIpc) is 1.08. The summed E-state index contributed by atoms with van der Waals surface area (Å²) in [7, 11) is -9.92. The van der Waals surface area contributed by atoms with Crippen LogP contribution in [-0.2, 0) is 65.4 Å². The van der Waals surface area contributed by atoms with E-state index in [2.05, 4.69) is 48.5 Å². The molecule has 0 aromatic rings. The smallest absolute Gasteiger partial charge is 0.462 e. The highest BCUT2D eigenvalue weighted by atomic mass is 31.2. The molecule has 0 heterocycles. The van der Waals surface area contributed by atoms with Crippen LogP contribution in [0.3, 0.4) is 0 Å². The molecule has 0 spiro atoms. The quantitative estimate of drug-likeness (QED) is 0.0222. The molecular weight excluding hydrogens is 1270 g/mol. The molecule has 576 valence electrons.